The first-order chi connectivity index (χ1) is 10.8. The van der Waals surface area contributed by atoms with Gasteiger partial charge in [0, 0.05) is 15.8 Å². The summed E-state index contributed by atoms with van der Waals surface area (Å²) in [6.07, 6.45) is 0. The number of hydrogen-bond donors (Lipinski definition) is 1. The second kappa shape index (κ2) is 6.52. The van der Waals surface area contributed by atoms with Crippen LogP contribution < -0.4 is 5.43 Å². The van der Waals surface area contributed by atoms with E-state index in [1.807, 2.05) is 41.9 Å². The van der Waals surface area contributed by atoms with Crippen molar-refractivity contribution in [2.75, 3.05) is 5.43 Å². The van der Waals surface area contributed by atoms with Gasteiger partial charge in [0.25, 0.3) is 0 Å². The van der Waals surface area contributed by atoms with Crippen LogP contribution in [0.3, 0.4) is 0 Å². The molecule has 0 amide bonds. The van der Waals surface area contributed by atoms with E-state index in [4.69, 9.17) is 5.26 Å². The van der Waals surface area contributed by atoms with Crippen LogP contribution in [-0.4, -0.2) is 10.7 Å². The van der Waals surface area contributed by atoms with Crippen LogP contribution in [0.1, 0.15) is 17.4 Å². The van der Waals surface area contributed by atoms with Crippen LogP contribution in [0.2, 0.25) is 0 Å². The van der Waals surface area contributed by atoms with Gasteiger partial charge in [0.2, 0.25) is 5.13 Å². The quantitative estimate of drug-likeness (QED) is 0.564. The molecule has 0 aliphatic rings. The number of nitrogens with zero attached hydrogens (tertiary/aromatic N) is 3. The van der Waals surface area contributed by atoms with Gasteiger partial charge in [0.05, 0.1) is 23.0 Å². The topological polar surface area (TPSA) is 61.1 Å². The highest BCUT2D eigenvalue weighted by molar-refractivity contribution is 7.14. The number of nitrogens with one attached hydrogen (secondary N) is 1. The number of rotatable bonds is 4. The van der Waals surface area contributed by atoms with Crippen LogP contribution in [-0.2, 0) is 0 Å². The summed E-state index contributed by atoms with van der Waals surface area (Å²) in [5, 5.41) is 17.9. The van der Waals surface area contributed by atoms with E-state index < -0.39 is 0 Å². The maximum absolute atomic E-state index is 8.82. The lowest BCUT2D eigenvalue weighted by molar-refractivity contribution is 1.27. The van der Waals surface area contributed by atoms with Gasteiger partial charge < -0.3 is 0 Å². The third kappa shape index (κ3) is 3.22. The van der Waals surface area contributed by atoms with Crippen molar-refractivity contribution in [3.05, 3.63) is 57.6 Å². The highest BCUT2D eigenvalue weighted by Crippen LogP contribution is 2.25. The van der Waals surface area contributed by atoms with Crippen LogP contribution in [0, 0.1) is 11.3 Å². The minimum absolute atomic E-state index is 0.647. The lowest BCUT2D eigenvalue weighted by atomic mass is 10.1. The standard InChI is InChI=1S/C16H12N4S2/c1-11(15-3-2-8-21-15)19-20-16-18-14(10-22-16)13-6-4-12(9-17)5-7-13/h2-8,10H,1H3,(H,18,20)/b19-11-. The molecule has 3 aromatic rings. The van der Waals surface area contributed by atoms with Gasteiger partial charge in [-0.3, -0.25) is 5.43 Å². The second-order valence-corrected chi connectivity index (χ2v) is 6.32. The van der Waals surface area contributed by atoms with Crippen molar-refractivity contribution >= 4 is 33.5 Å². The summed E-state index contributed by atoms with van der Waals surface area (Å²) >= 11 is 3.16. The predicted octanol–water partition coefficient (Wildman–Crippen LogP) is 4.58. The van der Waals surface area contributed by atoms with Crippen LogP contribution in [0.25, 0.3) is 11.3 Å². The van der Waals surface area contributed by atoms with E-state index >= 15 is 0 Å². The molecule has 0 unspecified atom stereocenters. The van der Waals surface area contributed by atoms with Gasteiger partial charge in [-0.2, -0.15) is 10.4 Å². The van der Waals surface area contributed by atoms with Gasteiger partial charge in [0.15, 0.2) is 0 Å². The first-order valence-corrected chi connectivity index (χ1v) is 8.32. The molecule has 22 heavy (non-hydrogen) atoms. The summed E-state index contributed by atoms with van der Waals surface area (Å²) in [5.41, 5.74) is 6.44. The van der Waals surface area contributed by atoms with Crippen molar-refractivity contribution < 1.29 is 0 Å². The van der Waals surface area contributed by atoms with E-state index in [1.54, 1.807) is 23.5 Å². The molecule has 0 saturated heterocycles. The third-order valence-electron chi connectivity index (χ3n) is 3.01. The molecule has 1 N–H and O–H groups in total. The Morgan fingerprint density at radius 3 is 2.73 bits per heavy atom. The summed E-state index contributed by atoms with van der Waals surface area (Å²) in [6.45, 7) is 1.97. The van der Waals surface area contributed by atoms with E-state index in [2.05, 4.69) is 21.6 Å². The van der Waals surface area contributed by atoms with Gasteiger partial charge in [0.1, 0.15) is 0 Å². The van der Waals surface area contributed by atoms with E-state index in [1.165, 1.54) is 11.3 Å². The fraction of sp³-hybridized carbons (Fsp3) is 0.0625. The Morgan fingerprint density at radius 2 is 2.05 bits per heavy atom. The molecule has 108 valence electrons. The average molecular weight is 324 g/mol. The Bertz CT molecular complexity index is 824. The highest BCUT2D eigenvalue weighted by atomic mass is 32.1. The van der Waals surface area contributed by atoms with Gasteiger partial charge in [-0.15, -0.1) is 22.7 Å². The molecule has 0 saturated carbocycles. The van der Waals surface area contributed by atoms with E-state index in [-0.39, 0.29) is 0 Å². The maximum atomic E-state index is 8.82. The molecule has 0 atom stereocenters. The molecule has 2 heterocycles. The van der Waals surface area contributed by atoms with Crippen molar-refractivity contribution in [3.8, 4) is 17.3 Å². The highest BCUT2D eigenvalue weighted by Gasteiger charge is 2.05. The Morgan fingerprint density at radius 1 is 1.23 bits per heavy atom. The molecular weight excluding hydrogens is 312 g/mol. The van der Waals surface area contributed by atoms with Crippen LogP contribution in [0.4, 0.5) is 5.13 Å². The second-order valence-electron chi connectivity index (χ2n) is 4.51. The molecule has 0 fully saturated rings. The SMILES string of the molecule is C/C(=N/Nc1nc(-c2ccc(C#N)cc2)cs1)c1cccs1. The maximum Gasteiger partial charge on any atom is 0.203 e. The average Bonchev–Trinajstić information content (AvgIpc) is 3.24. The normalized spacial score (nSPS) is 11.2. The Kier molecular flexibility index (Phi) is 4.28. The summed E-state index contributed by atoms with van der Waals surface area (Å²) in [5.74, 6) is 0. The van der Waals surface area contributed by atoms with E-state index in [0.717, 1.165) is 27.0 Å². The molecule has 3 rings (SSSR count). The van der Waals surface area contributed by atoms with Crippen LogP contribution in [0.5, 0.6) is 0 Å². The first kappa shape index (κ1) is 14.4. The molecule has 2 aromatic heterocycles. The molecule has 0 spiro atoms. The Hall–Kier alpha value is -2.49. The number of hydrogen-bond acceptors (Lipinski definition) is 6. The summed E-state index contributed by atoms with van der Waals surface area (Å²) in [7, 11) is 0. The van der Waals surface area contributed by atoms with Crippen molar-refractivity contribution in [3.63, 3.8) is 0 Å². The molecule has 0 radical (unpaired) electrons. The lowest BCUT2D eigenvalue weighted by Crippen LogP contribution is -1.96. The summed E-state index contributed by atoms with van der Waals surface area (Å²) in [6, 6.07) is 13.5. The molecular formula is C16H12N4S2. The fourth-order valence-electron chi connectivity index (χ4n) is 1.84. The number of nitriles is 1. The molecule has 1 aromatic carbocycles. The van der Waals surface area contributed by atoms with Crippen molar-refractivity contribution in [2.45, 2.75) is 6.92 Å². The van der Waals surface area contributed by atoms with Gasteiger partial charge in [-0.25, -0.2) is 4.98 Å². The van der Waals surface area contributed by atoms with Crippen LogP contribution in [0.15, 0.2) is 52.3 Å². The zero-order valence-electron chi connectivity index (χ0n) is 11.8. The van der Waals surface area contributed by atoms with Crippen molar-refractivity contribution in [1.82, 2.24) is 4.98 Å². The van der Waals surface area contributed by atoms with Crippen LogP contribution >= 0.6 is 22.7 Å². The van der Waals surface area contributed by atoms with Crippen molar-refractivity contribution in [1.29, 1.82) is 5.26 Å². The molecule has 0 aliphatic carbocycles. The van der Waals surface area contributed by atoms with Gasteiger partial charge in [-0.05, 0) is 30.5 Å². The molecule has 4 nitrogen and oxygen atoms in total. The Labute approximate surface area is 136 Å². The minimum atomic E-state index is 0.647. The van der Waals surface area contributed by atoms with Gasteiger partial charge in [-0.1, -0.05) is 18.2 Å². The lowest BCUT2D eigenvalue weighted by Gasteiger charge is -1.98. The minimum Gasteiger partial charge on any atom is -0.252 e. The number of thiophene rings is 1. The zero-order chi connectivity index (χ0) is 15.4. The number of anilines is 1. The smallest absolute Gasteiger partial charge is 0.203 e. The van der Waals surface area contributed by atoms with Crippen molar-refractivity contribution in [2.24, 2.45) is 5.10 Å². The fourth-order valence-corrected chi connectivity index (χ4v) is 3.18. The van der Waals surface area contributed by atoms with E-state index in [9.17, 15) is 0 Å². The van der Waals surface area contributed by atoms with E-state index in [0.29, 0.717) is 5.56 Å². The summed E-state index contributed by atoms with van der Waals surface area (Å²) < 4.78 is 0. The third-order valence-corrected chi connectivity index (χ3v) is 4.74. The Balaban J connectivity index is 1.73. The number of thiazole rings is 1. The number of benzene rings is 1. The zero-order valence-corrected chi connectivity index (χ0v) is 13.4. The number of hydrazone groups is 1. The predicted molar refractivity (Wildman–Crippen MR) is 92.4 cm³/mol. The largest absolute Gasteiger partial charge is 0.252 e. The monoisotopic (exact) mass is 324 g/mol. The molecule has 0 bridgehead atoms. The number of aromatic nitrogens is 1. The van der Waals surface area contributed by atoms with Gasteiger partial charge >= 0.3 is 0 Å². The first-order valence-electron chi connectivity index (χ1n) is 6.56. The molecule has 0 aliphatic heterocycles. The summed E-state index contributed by atoms with van der Waals surface area (Å²) in [4.78, 5) is 5.65. The molecule has 6 heteroatoms.